The molecule has 0 fully saturated rings. The number of carboxylic acid groups (broad SMARTS) is 1. The van der Waals surface area contributed by atoms with Crippen LogP contribution in [0.3, 0.4) is 0 Å². The SMILES string of the molecule is COc1ccc(C=C(C#N)C(=O)O)c(Cl)c1. The number of nitrogens with zero attached hydrogens (tertiary/aromatic N) is 1. The van der Waals surface area contributed by atoms with Crippen molar-refractivity contribution in [2.45, 2.75) is 0 Å². The van der Waals surface area contributed by atoms with Crippen molar-refractivity contribution < 1.29 is 14.6 Å². The summed E-state index contributed by atoms with van der Waals surface area (Å²) in [7, 11) is 1.50. The fourth-order valence-electron chi connectivity index (χ4n) is 1.05. The lowest BCUT2D eigenvalue weighted by molar-refractivity contribution is -0.132. The maximum absolute atomic E-state index is 10.6. The first-order valence-electron chi connectivity index (χ1n) is 4.27. The topological polar surface area (TPSA) is 70.3 Å². The highest BCUT2D eigenvalue weighted by molar-refractivity contribution is 6.32. The van der Waals surface area contributed by atoms with Crippen molar-refractivity contribution >= 4 is 23.6 Å². The van der Waals surface area contributed by atoms with E-state index in [0.717, 1.165) is 0 Å². The Bertz CT molecular complexity index is 488. The van der Waals surface area contributed by atoms with E-state index in [4.69, 9.17) is 26.7 Å². The number of hydrogen-bond acceptors (Lipinski definition) is 3. The smallest absolute Gasteiger partial charge is 0.346 e. The minimum Gasteiger partial charge on any atom is -0.497 e. The Morgan fingerprint density at radius 3 is 2.75 bits per heavy atom. The number of rotatable bonds is 3. The zero-order valence-electron chi connectivity index (χ0n) is 8.40. The summed E-state index contributed by atoms with van der Waals surface area (Å²) in [4.78, 5) is 10.6. The normalized spacial score (nSPS) is 10.7. The highest BCUT2D eigenvalue weighted by Gasteiger charge is 2.07. The van der Waals surface area contributed by atoms with Crippen molar-refractivity contribution in [3.63, 3.8) is 0 Å². The van der Waals surface area contributed by atoms with Gasteiger partial charge in [-0.2, -0.15) is 5.26 Å². The Hall–Kier alpha value is -1.99. The fraction of sp³-hybridized carbons (Fsp3) is 0.0909. The highest BCUT2D eigenvalue weighted by Crippen LogP contribution is 2.24. The molecule has 0 unspecified atom stereocenters. The van der Waals surface area contributed by atoms with Crippen molar-refractivity contribution in [2.75, 3.05) is 7.11 Å². The Morgan fingerprint density at radius 1 is 1.62 bits per heavy atom. The van der Waals surface area contributed by atoms with E-state index in [0.29, 0.717) is 16.3 Å². The van der Waals surface area contributed by atoms with Crippen LogP contribution >= 0.6 is 11.6 Å². The first-order valence-corrected chi connectivity index (χ1v) is 4.65. The van der Waals surface area contributed by atoms with E-state index in [2.05, 4.69) is 0 Å². The summed E-state index contributed by atoms with van der Waals surface area (Å²) >= 11 is 5.89. The number of hydrogen-bond donors (Lipinski definition) is 1. The van der Waals surface area contributed by atoms with Crippen molar-refractivity contribution in [1.29, 1.82) is 5.26 Å². The Labute approximate surface area is 97.3 Å². The lowest BCUT2D eigenvalue weighted by Crippen LogP contribution is -1.97. The van der Waals surface area contributed by atoms with Gasteiger partial charge in [-0.05, 0) is 29.8 Å². The van der Waals surface area contributed by atoms with Gasteiger partial charge in [0.2, 0.25) is 0 Å². The summed E-state index contributed by atoms with van der Waals surface area (Å²) < 4.78 is 4.94. The summed E-state index contributed by atoms with van der Waals surface area (Å²) in [5.74, 6) is -0.717. The number of ether oxygens (including phenoxy) is 1. The Balaban J connectivity index is 3.16. The fourth-order valence-corrected chi connectivity index (χ4v) is 1.27. The van der Waals surface area contributed by atoms with Crippen LogP contribution in [0.1, 0.15) is 5.56 Å². The van der Waals surface area contributed by atoms with E-state index in [-0.39, 0.29) is 5.57 Å². The van der Waals surface area contributed by atoms with Gasteiger partial charge in [-0.25, -0.2) is 4.79 Å². The second-order valence-corrected chi connectivity index (χ2v) is 3.27. The summed E-state index contributed by atoms with van der Waals surface area (Å²) in [6.07, 6.45) is 1.21. The van der Waals surface area contributed by atoms with Gasteiger partial charge in [-0.1, -0.05) is 11.6 Å². The lowest BCUT2D eigenvalue weighted by Gasteiger charge is -2.02. The summed E-state index contributed by atoms with van der Waals surface area (Å²) in [5.41, 5.74) is 0.0912. The van der Waals surface area contributed by atoms with Crippen LogP contribution in [-0.2, 0) is 4.79 Å². The highest BCUT2D eigenvalue weighted by atomic mass is 35.5. The Kier molecular flexibility index (Phi) is 3.92. The standard InChI is InChI=1S/C11H8ClNO3/c1-16-9-3-2-7(10(12)5-9)4-8(6-13)11(14)15/h2-5H,1H3,(H,14,15). The van der Waals surface area contributed by atoms with Crippen LogP contribution in [0.5, 0.6) is 5.75 Å². The molecular formula is C11H8ClNO3. The van der Waals surface area contributed by atoms with Crippen LogP contribution in [0, 0.1) is 11.3 Å². The zero-order chi connectivity index (χ0) is 12.1. The largest absolute Gasteiger partial charge is 0.497 e. The van der Waals surface area contributed by atoms with Crippen LogP contribution in [0.25, 0.3) is 6.08 Å². The minimum atomic E-state index is -1.28. The van der Waals surface area contributed by atoms with Gasteiger partial charge in [0, 0.05) is 0 Å². The number of halogens is 1. The van der Waals surface area contributed by atoms with Gasteiger partial charge >= 0.3 is 5.97 Å². The molecule has 1 aromatic rings. The molecule has 0 bridgehead atoms. The van der Waals surface area contributed by atoms with E-state index in [1.54, 1.807) is 24.3 Å². The summed E-state index contributed by atoms with van der Waals surface area (Å²) in [6.45, 7) is 0. The van der Waals surface area contributed by atoms with Gasteiger partial charge < -0.3 is 9.84 Å². The molecule has 0 amide bonds. The molecule has 1 N–H and O–H groups in total. The Morgan fingerprint density at radius 2 is 2.31 bits per heavy atom. The van der Waals surface area contributed by atoms with Crippen LogP contribution in [0.15, 0.2) is 23.8 Å². The zero-order valence-corrected chi connectivity index (χ0v) is 9.15. The average molecular weight is 238 g/mol. The van der Waals surface area contributed by atoms with Crippen LogP contribution in [-0.4, -0.2) is 18.2 Å². The number of carboxylic acids is 1. The van der Waals surface area contributed by atoms with Crippen LogP contribution in [0.4, 0.5) is 0 Å². The molecule has 0 radical (unpaired) electrons. The van der Waals surface area contributed by atoms with Crippen LogP contribution in [0.2, 0.25) is 5.02 Å². The molecule has 16 heavy (non-hydrogen) atoms. The summed E-state index contributed by atoms with van der Waals surface area (Å²) in [6, 6.07) is 6.34. The van der Waals surface area contributed by atoms with Gasteiger partial charge in [0.1, 0.15) is 17.4 Å². The van der Waals surface area contributed by atoms with Crippen molar-refractivity contribution in [2.24, 2.45) is 0 Å². The predicted molar refractivity (Wildman–Crippen MR) is 59.2 cm³/mol. The van der Waals surface area contributed by atoms with Gasteiger partial charge in [-0.3, -0.25) is 0 Å². The van der Waals surface area contributed by atoms with Crippen molar-refractivity contribution in [3.05, 3.63) is 34.4 Å². The third-order valence-electron chi connectivity index (χ3n) is 1.86. The van der Waals surface area contributed by atoms with E-state index >= 15 is 0 Å². The lowest BCUT2D eigenvalue weighted by atomic mass is 10.1. The molecule has 0 saturated heterocycles. The monoisotopic (exact) mass is 237 g/mol. The molecule has 0 aliphatic rings. The average Bonchev–Trinajstić information content (AvgIpc) is 2.26. The predicted octanol–water partition coefficient (Wildman–Crippen LogP) is 2.34. The third-order valence-corrected chi connectivity index (χ3v) is 2.19. The third kappa shape index (κ3) is 2.75. The maximum Gasteiger partial charge on any atom is 0.346 e. The molecule has 0 saturated carbocycles. The second kappa shape index (κ2) is 5.19. The second-order valence-electron chi connectivity index (χ2n) is 2.86. The number of carbonyl (C=O) groups is 1. The summed E-state index contributed by atoms with van der Waals surface area (Å²) in [5, 5.41) is 17.6. The first-order chi connectivity index (χ1) is 7.58. The number of methoxy groups -OCH3 is 1. The number of benzene rings is 1. The van der Waals surface area contributed by atoms with Crippen molar-refractivity contribution in [3.8, 4) is 11.8 Å². The number of nitriles is 1. The van der Waals surface area contributed by atoms with E-state index in [9.17, 15) is 4.79 Å². The molecule has 5 heteroatoms. The van der Waals surface area contributed by atoms with E-state index < -0.39 is 5.97 Å². The molecule has 0 aliphatic heterocycles. The molecule has 0 heterocycles. The van der Waals surface area contributed by atoms with Gasteiger partial charge in [-0.15, -0.1) is 0 Å². The molecule has 0 atom stereocenters. The number of aliphatic carboxylic acids is 1. The first kappa shape index (κ1) is 12.1. The quantitative estimate of drug-likeness (QED) is 0.647. The maximum atomic E-state index is 10.6. The van der Waals surface area contributed by atoms with E-state index in [1.165, 1.54) is 13.2 Å². The molecule has 0 aromatic heterocycles. The van der Waals surface area contributed by atoms with Gasteiger partial charge in [0.05, 0.1) is 12.1 Å². The molecule has 4 nitrogen and oxygen atoms in total. The molecule has 1 rings (SSSR count). The molecule has 1 aromatic carbocycles. The molecule has 0 aliphatic carbocycles. The van der Waals surface area contributed by atoms with Gasteiger partial charge in [0.15, 0.2) is 0 Å². The molecule has 82 valence electrons. The van der Waals surface area contributed by atoms with Crippen molar-refractivity contribution in [1.82, 2.24) is 0 Å². The minimum absolute atomic E-state index is 0.327. The van der Waals surface area contributed by atoms with E-state index in [1.807, 2.05) is 0 Å². The van der Waals surface area contributed by atoms with Gasteiger partial charge in [0.25, 0.3) is 0 Å². The molecule has 0 spiro atoms. The van der Waals surface area contributed by atoms with Crippen LogP contribution < -0.4 is 4.74 Å². The molecular weight excluding hydrogens is 230 g/mol.